The number of hydrogen-bond donors (Lipinski definition) is 3. The highest BCUT2D eigenvalue weighted by Gasteiger charge is 2.30. The van der Waals surface area contributed by atoms with Crippen molar-refractivity contribution in [1.82, 2.24) is 15.0 Å². The fourth-order valence-corrected chi connectivity index (χ4v) is 11.6. The summed E-state index contributed by atoms with van der Waals surface area (Å²) >= 11 is 0. The number of carbonyl (C=O) groups excluding carboxylic acids is 1. The predicted molar refractivity (Wildman–Crippen MR) is 335 cm³/mol. The van der Waals surface area contributed by atoms with Crippen LogP contribution in [0.2, 0.25) is 0 Å². The Morgan fingerprint density at radius 1 is 0.481 bits per heavy atom. The van der Waals surface area contributed by atoms with Crippen molar-refractivity contribution >= 4 is 78.7 Å². The maximum absolute atomic E-state index is 11.5. The number of hydrogen-bond acceptors (Lipinski definition) is 4. The molecule has 7 nitrogen and oxygen atoms in total. The molecule has 1 aliphatic heterocycles. The summed E-state index contributed by atoms with van der Waals surface area (Å²) in [6, 6.07) is 38.5. The lowest BCUT2D eigenvalue weighted by molar-refractivity contribution is 0.112. The maximum Gasteiger partial charge on any atom is 0.166 e. The second-order valence-electron chi connectivity index (χ2n) is 26.3. The van der Waals surface area contributed by atoms with E-state index in [0.717, 1.165) is 84.0 Å². The van der Waals surface area contributed by atoms with Crippen LogP contribution in [0.3, 0.4) is 0 Å². The van der Waals surface area contributed by atoms with Crippen LogP contribution in [0.5, 0.6) is 0 Å². The third-order valence-corrected chi connectivity index (χ3v) is 15.7. The molecule has 6 heterocycles. The van der Waals surface area contributed by atoms with Gasteiger partial charge in [0.1, 0.15) is 11.2 Å². The van der Waals surface area contributed by atoms with Crippen LogP contribution in [0, 0.1) is 41.5 Å². The van der Waals surface area contributed by atoms with Gasteiger partial charge in [-0.1, -0.05) is 167 Å². The van der Waals surface area contributed by atoms with Gasteiger partial charge < -0.3 is 23.8 Å². The van der Waals surface area contributed by atoms with E-state index in [1.54, 1.807) is 0 Å². The number of fused-ring (bicyclic) bond motifs is 8. The van der Waals surface area contributed by atoms with E-state index in [2.05, 4.69) is 225 Å². The zero-order valence-electron chi connectivity index (χ0n) is 49.8. The summed E-state index contributed by atoms with van der Waals surface area (Å²) in [6.45, 7) is 39.8. The van der Waals surface area contributed by atoms with Crippen molar-refractivity contribution in [3.8, 4) is 11.3 Å². The molecule has 404 valence electrons. The highest BCUT2D eigenvalue weighted by Crippen LogP contribution is 2.43. The minimum absolute atomic E-state index is 0.100. The largest absolute Gasteiger partial charge is 0.454 e. The fraction of sp³-hybridized carbons (Fsp3) is 0.306. The van der Waals surface area contributed by atoms with Gasteiger partial charge in [-0.15, -0.1) is 0 Å². The Hall–Kier alpha value is -7.90. The van der Waals surface area contributed by atoms with Gasteiger partial charge in [0.2, 0.25) is 0 Å². The highest BCUT2D eigenvalue weighted by atomic mass is 16.3. The van der Waals surface area contributed by atoms with E-state index < -0.39 is 0 Å². The average Bonchev–Trinajstić information content (AvgIpc) is 4.42. The van der Waals surface area contributed by atoms with Gasteiger partial charge in [-0.05, 0) is 139 Å². The quantitative estimate of drug-likeness (QED) is 0.153. The Morgan fingerprint density at radius 3 is 1.57 bits per heavy atom. The van der Waals surface area contributed by atoms with E-state index in [4.69, 9.17) is 13.8 Å². The van der Waals surface area contributed by atoms with Crippen LogP contribution in [0.1, 0.15) is 172 Å². The second-order valence-corrected chi connectivity index (χ2v) is 26.3. The fourth-order valence-electron chi connectivity index (χ4n) is 11.6. The number of nitrogens with one attached hydrogen (secondary N) is 3. The third-order valence-electron chi connectivity index (χ3n) is 15.7. The molecule has 5 aromatic heterocycles. The van der Waals surface area contributed by atoms with Gasteiger partial charge in [0, 0.05) is 66.8 Å². The lowest BCUT2D eigenvalue weighted by Crippen LogP contribution is -2.14. The van der Waals surface area contributed by atoms with E-state index in [-0.39, 0.29) is 21.7 Å². The molecule has 0 saturated heterocycles. The number of nitrogens with zero attached hydrogens (tertiary/aromatic N) is 1. The van der Waals surface area contributed by atoms with Crippen molar-refractivity contribution in [3.05, 3.63) is 199 Å². The number of aldehydes is 1. The van der Waals surface area contributed by atoms with Crippen molar-refractivity contribution in [2.75, 3.05) is 0 Å². The zero-order chi connectivity index (χ0) is 56.8. The van der Waals surface area contributed by atoms with Crippen LogP contribution in [0.4, 0.5) is 0 Å². The number of carbonyl (C=O) groups is 1. The first-order valence-electron chi connectivity index (χ1n) is 27.9. The first-order valence-corrected chi connectivity index (χ1v) is 27.9. The zero-order valence-corrected chi connectivity index (χ0v) is 49.8. The molecule has 0 fully saturated rings. The number of benzene rings is 6. The van der Waals surface area contributed by atoms with Crippen LogP contribution in [0.15, 0.2) is 129 Å². The number of furan rings is 2. The Morgan fingerprint density at radius 2 is 1.01 bits per heavy atom. The number of rotatable bonds is 4. The Bertz CT molecular complexity index is 4210. The smallest absolute Gasteiger partial charge is 0.166 e. The lowest BCUT2D eigenvalue weighted by Gasteiger charge is -2.22. The topological polar surface area (TPSA) is 103 Å². The van der Waals surface area contributed by atoms with Crippen molar-refractivity contribution in [2.24, 2.45) is 4.99 Å². The molecule has 0 bridgehead atoms. The van der Waals surface area contributed by atoms with Gasteiger partial charge in [0.05, 0.1) is 33.8 Å². The van der Waals surface area contributed by atoms with Gasteiger partial charge >= 0.3 is 0 Å². The molecule has 0 aliphatic carbocycles. The molecule has 6 aromatic carbocycles. The average molecular weight is 1050 g/mol. The van der Waals surface area contributed by atoms with Gasteiger partial charge in [0.15, 0.2) is 17.5 Å². The molecule has 0 atom stereocenters. The molecule has 7 heteroatoms. The number of aromatic amines is 3. The summed E-state index contributed by atoms with van der Waals surface area (Å²) in [5, 5.41) is 4.38. The molecule has 12 rings (SSSR count). The molecule has 0 radical (unpaired) electrons. The van der Waals surface area contributed by atoms with E-state index >= 15 is 0 Å². The SMILES string of the molecule is CC(C)(C)c1c[nH]c2c1oc1ccccc12.Cc1ccc2c(C=O)[nH]c(-c3c(C)cc(C(C)(C)C)cc3C)c2c1.Cc1ccc2c(c1)C(c1c(C)cc(C(C)(C)C)cc1C)=NC2=Cc1[nH]c2c(oc3ccccc32)c1C(C)(C)C. The molecule has 3 N–H and O–H groups in total. The molecule has 0 spiro atoms. The molecular weight excluding hydrogens is 969 g/mol. The number of aliphatic imine (C=N–C) groups is 1. The van der Waals surface area contributed by atoms with Gasteiger partial charge in [0.25, 0.3) is 0 Å². The van der Waals surface area contributed by atoms with Crippen LogP contribution in [0.25, 0.3) is 77.9 Å². The molecular formula is C72H78N4O3. The lowest BCUT2D eigenvalue weighted by atomic mass is 9.82. The molecule has 79 heavy (non-hydrogen) atoms. The van der Waals surface area contributed by atoms with Crippen molar-refractivity contribution in [3.63, 3.8) is 0 Å². The summed E-state index contributed by atoms with van der Waals surface area (Å²) < 4.78 is 12.3. The first-order chi connectivity index (χ1) is 37.1. The Kier molecular flexibility index (Phi) is 13.6. The number of H-pyrrole nitrogens is 3. The van der Waals surface area contributed by atoms with Crippen LogP contribution < -0.4 is 0 Å². The van der Waals surface area contributed by atoms with Crippen molar-refractivity contribution in [2.45, 2.75) is 146 Å². The van der Waals surface area contributed by atoms with Crippen LogP contribution >= 0.6 is 0 Å². The number of aryl methyl sites for hydroxylation is 6. The van der Waals surface area contributed by atoms with Gasteiger partial charge in [-0.3, -0.25) is 4.79 Å². The molecule has 0 amide bonds. The number of para-hydroxylation sites is 2. The third kappa shape index (κ3) is 10.1. The van der Waals surface area contributed by atoms with Crippen LogP contribution in [-0.2, 0) is 21.7 Å². The van der Waals surface area contributed by atoms with E-state index in [1.807, 2.05) is 36.4 Å². The van der Waals surface area contributed by atoms with Crippen molar-refractivity contribution < 1.29 is 13.6 Å². The van der Waals surface area contributed by atoms with E-state index in [1.165, 1.54) is 77.9 Å². The van der Waals surface area contributed by atoms with Gasteiger partial charge in [-0.2, -0.15) is 0 Å². The minimum atomic E-state index is -0.115. The van der Waals surface area contributed by atoms with E-state index in [0.29, 0.717) is 5.69 Å². The summed E-state index contributed by atoms with van der Waals surface area (Å²) in [4.78, 5) is 27.2. The normalized spacial score (nSPS) is 13.6. The predicted octanol–water partition coefficient (Wildman–Crippen LogP) is 19.9. The standard InChI is InChI=1S/C36H38N2O.C22H25NO.C14H15NO/c1-20-14-15-24-26(16-20)32(30-21(2)17-23(18-22(30)3)35(4,5)6)37-27(24)19-28-31(36(7,8)9)34-33(38-28)25-12-10-11-13-29(25)39-34;1-13-7-8-17-18(9-13)21(23-19(17)12-24)20-14(2)10-16(11-15(20)3)22(4,5)6;1-14(2,3)10-8-15-12-9-6-4-5-7-11(9)16-13(10)12/h10-19,38H,1-9H3;7-12,23H,1-6H3;4-8,15H,1-3H3. The monoisotopic (exact) mass is 1050 g/mol. The van der Waals surface area contributed by atoms with Crippen molar-refractivity contribution in [1.29, 1.82) is 0 Å². The summed E-state index contributed by atoms with van der Waals surface area (Å²) in [7, 11) is 0. The Labute approximate surface area is 466 Å². The molecule has 1 aliphatic rings. The molecule has 11 aromatic rings. The van der Waals surface area contributed by atoms with Crippen LogP contribution in [-0.4, -0.2) is 26.9 Å². The van der Waals surface area contributed by atoms with Gasteiger partial charge in [-0.25, -0.2) is 4.99 Å². The first kappa shape index (κ1) is 54.5. The van der Waals surface area contributed by atoms with E-state index in [9.17, 15) is 4.79 Å². The highest BCUT2D eigenvalue weighted by molar-refractivity contribution is 6.23. The Balaban J connectivity index is 0.000000149. The summed E-state index contributed by atoms with van der Waals surface area (Å²) in [5.41, 5.74) is 28.4. The number of aromatic nitrogens is 3. The second kappa shape index (κ2) is 19.8. The summed E-state index contributed by atoms with van der Waals surface area (Å²) in [6.07, 6.45) is 5.19. The minimum Gasteiger partial charge on any atom is -0.454 e. The molecule has 0 unspecified atom stereocenters. The maximum atomic E-state index is 11.5. The summed E-state index contributed by atoms with van der Waals surface area (Å²) in [5.74, 6) is 0. The molecule has 0 saturated carbocycles.